The summed E-state index contributed by atoms with van der Waals surface area (Å²) in [4.78, 5) is 17.8. The van der Waals surface area contributed by atoms with Crippen LogP contribution in [-0.2, 0) is 17.1 Å². The number of thiazole rings is 1. The lowest BCUT2D eigenvalue weighted by molar-refractivity contribution is 0.0999. The number of hydrogen-bond donors (Lipinski definition) is 1. The van der Waals surface area contributed by atoms with Crippen LogP contribution in [0.3, 0.4) is 0 Å². The molecule has 0 aliphatic heterocycles. The van der Waals surface area contributed by atoms with Crippen LogP contribution in [0.2, 0.25) is 5.02 Å². The van der Waals surface area contributed by atoms with Crippen molar-refractivity contribution in [1.82, 2.24) is 4.57 Å². The Morgan fingerprint density at radius 3 is 2.45 bits per heavy atom. The predicted octanol–water partition coefficient (Wildman–Crippen LogP) is 4.74. The molecule has 4 aromatic rings. The Morgan fingerprint density at radius 1 is 1.03 bits per heavy atom. The summed E-state index contributed by atoms with van der Waals surface area (Å²) in [6, 6.07) is 18.4. The number of halogens is 1. The van der Waals surface area contributed by atoms with E-state index in [1.165, 1.54) is 29.5 Å². The first-order valence-electron chi connectivity index (χ1n) is 9.28. The Kier molecular flexibility index (Phi) is 5.70. The van der Waals surface area contributed by atoms with Gasteiger partial charge in [0.1, 0.15) is 0 Å². The van der Waals surface area contributed by atoms with E-state index in [2.05, 4.69) is 9.71 Å². The SMILES string of the molecule is Cc1ccc(S(=O)(=O)Nc2ccccc2C(=O)N=c2sc3cccc(Cl)c3n2C)cc1. The van der Waals surface area contributed by atoms with Crippen molar-refractivity contribution in [2.45, 2.75) is 11.8 Å². The summed E-state index contributed by atoms with van der Waals surface area (Å²) in [5.41, 5.74) is 2.05. The Bertz CT molecular complexity index is 1470. The lowest BCUT2D eigenvalue weighted by Crippen LogP contribution is -2.17. The van der Waals surface area contributed by atoms with E-state index in [0.717, 1.165) is 15.8 Å². The van der Waals surface area contributed by atoms with Crippen LogP contribution < -0.4 is 9.52 Å². The quantitative estimate of drug-likeness (QED) is 0.466. The number of rotatable bonds is 4. The van der Waals surface area contributed by atoms with Crippen LogP contribution in [0.4, 0.5) is 5.69 Å². The maximum Gasteiger partial charge on any atom is 0.281 e. The Balaban J connectivity index is 1.73. The molecule has 31 heavy (non-hydrogen) atoms. The first kappa shape index (κ1) is 21.3. The largest absolute Gasteiger partial charge is 0.318 e. The van der Waals surface area contributed by atoms with Gasteiger partial charge in [0.15, 0.2) is 4.80 Å². The molecule has 1 amide bonds. The highest BCUT2D eigenvalue weighted by molar-refractivity contribution is 7.92. The van der Waals surface area contributed by atoms with Crippen LogP contribution in [0, 0.1) is 6.92 Å². The minimum atomic E-state index is -3.86. The second-order valence-electron chi connectivity index (χ2n) is 6.91. The summed E-state index contributed by atoms with van der Waals surface area (Å²) in [6.45, 7) is 1.88. The van der Waals surface area contributed by atoms with E-state index >= 15 is 0 Å². The van der Waals surface area contributed by atoms with E-state index in [1.807, 2.05) is 19.1 Å². The number of amides is 1. The smallest absolute Gasteiger partial charge is 0.281 e. The molecule has 4 rings (SSSR count). The van der Waals surface area contributed by atoms with E-state index in [1.54, 1.807) is 48.0 Å². The molecular formula is C22H18ClN3O3S2. The van der Waals surface area contributed by atoms with Gasteiger partial charge in [-0.15, -0.1) is 0 Å². The standard InChI is InChI=1S/C22H18ClN3O3S2/c1-14-10-12-15(13-11-14)31(28,29)25-18-8-4-3-6-16(18)21(27)24-22-26(2)20-17(23)7-5-9-19(20)30-22/h3-13,25H,1-2H3. The highest BCUT2D eigenvalue weighted by Gasteiger charge is 2.19. The summed E-state index contributed by atoms with van der Waals surface area (Å²) >= 11 is 7.61. The van der Waals surface area contributed by atoms with E-state index in [0.29, 0.717) is 9.82 Å². The topological polar surface area (TPSA) is 80.5 Å². The first-order valence-corrected chi connectivity index (χ1v) is 12.0. The van der Waals surface area contributed by atoms with Gasteiger partial charge in [0, 0.05) is 7.05 Å². The minimum Gasteiger partial charge on any atom is -0.318 e. The van der Waals surface area contributed by atoms with Gasteiger partial charge in [-0.2, -0.15) is 4.99 Å². The van der Waals surface area contributed by atoms with Crippen molar-refractivity contribution in [2.24, 2.45) is 12.0 Å². The Labute approximate surface area is 188 Å². The molecule has 3 aromatic carbocycles. The molecule has 1 heterocycles. The number of para-hydroxylation sites is 2. The van der Waals surface area contributed by atoms with Crippen LogP contribution in [0.5, 0.6) is 0 Å². The molecule has 0 saturated carbocycles. The summed E-state index contributed by atoms with van der Waals surface area (Å²) in [7, 11) is -2.08. The van der Waals surface area contributed by atoms with E-state index in [9.17, 15) is 13.2 Å². The van der Waals surface area contributed by atoms with Gasteiger partial charge in [0.25, 0.3) is 15.9 Å². The molecule has 1 aromatic heterocycles. The van der Waals surface area contributed by atoms with Gasteiger partial charge in [-0.05, 0) is 43.3 Å². The van der Waals surface area contributed by atoms with Gasteiger partial charge >= 0.3 is 0 Å². The van der Waals surface area contributed by atoms with E-state index < -0.39 is 15.9 Å². The molecule has 0 spiro atoms. The summed E-state index contributed by atoms with van der Waals surface area (Å²) in [5.74, 6) is -0.555. The van der Waals surface area contributed by atoms with Crippen molar-refractivity contribution in [2.75, 3.05) is 4.72 Å². The third kappa shape index (κ3) is 4.27. The minimum absolute atomic E-state index is 0.114. The maximum absolute atomic E-state index is 13.0. The Hall–Kier alpha value is -2.94. The molecule has 0 aliphatic carbocycles. The third-order valence-electron chi connectivity index (χ3n) is 4.70. The number of fused-ring (bicyclic) bond motifs is 1. The highest BCUT2D eigenvalue weighted by atomic mass is 35.5. The molecule has 158 valence electrons. The molecule has 0 radical (unpaired) electrons. The Morgan fingerprint density at radius 2 is 1.74 bits per heavy atom. The number of nitrogens with one attached hydrogen (secondary N) is 1. The number of sulfonamides is 1. The van der Waals surface area contributed by atoms with Gasteiger partial charge in [-0.25, -0.2) is 8.42 Å². The van der Waals surface area contributed by atoms with Gasteiger partial charge in [0.2, 0.25) is 0 Å². The fourth-order valence-corrected chi connectivity index (χ4v) is 5.57. The van der Waals surface area contributed by atoms with Crippen molar-refractivity contribution in [3.63, 3.8) is 0 Å². The molecule has 0 saturated heterocycles. The number of aromatic nitrogens is 1. The normalized spacial score (nSPS) is 12.3. The number of carbonyl (C=O) groups excluding carboxylic acids is 1. The van der Waals surface area contributed by atoms with Crippen molar-refractivity contribution in [1.29, 1.82) is 0 Å². The second kappa shape index (κ2) is 8.30. The third-order valence-corrected chi connectivity index (χ3v) is 7.49. The van der Waals surface area contributed by atoms with Crippen LogP contribution in [0.15, 0.2) is 76.6 Å². The van der Waals surface area contributed by atoms with Crippen LogP contribution in [-0.4, -0.2) is 18.9 Å². The fraction of sp³-hybridized carbons (Fsp3) is 0.0909. The van der Waals surface area contributed by atoms with Gasteiger partial charge < -0.3 is 4.57 Å². The zero-order valence-corrected chi connectivity index (χ0v) is 19.1. The first-order chi connectivity index (χ1) is 14.8. The van der Waals surface area contributed by atoms with Crippen LogP contribution in [0.1, 0.15) is 15.9 Å². The van der Waals surface area contributed by atoms with Crippen LogP contribution in [0.25, 0.3) is 10.2 Å². The number of benzene rings is 3. The molecular weight excluding hydrogens is 454 g/mol. The highest BCUT2D eigenvalue weighted by Crippen LogP contribution is 2.25. The molecule has 0 bridgehead atoms. The number of nitrogens with zero attached hydrogens (tertiary/aromatic N) is 2. The molecule has 0 unspecified atom stereocenters. The maximum atomic E-state index is 13.0. The molecule has 1 N–H and O–H groups in total. The summed E-state index contributed by atoms with van der Waals surface area (Å²) < 4.78 is 30.7. The zero-order valence-electron chi connectivity index (χ0n) is 16.7. The summed E-state index contributed by atoms with van der Waals surface area (Å²) in [5, 5.41) is 0.566. The van der Waals surface area contributed by atoms with Gasteiger partial charge in [0.05, 0.1) is 31.4 Å². The second-order valence-corrected chi connectivity index (χ2v) is 10.0. The molecule has 6 nitrogen and oxygen atoms in total. The lowest BCUT2D eigenvalue weighted by atomic mass is 10.2. The number of hydrogen-bond acceptors (Lipinski definition) is 4. The number of carbonyl (C=O) groups is 1. The van der Waals surface area contributed by atoms with Gasteiger partial charge in [-0.3, -0.25) is 9.52 Å². The average Bonchev–Trinajstić information content (AvgIpc) is 3.05. The molecule has 0 atom stereocenters. The van der Waals surface area contributed by atoms with Crippen molar-refractivity contribution in [3.05, 3.63) is 87.7 Å². The van der Waals surface area contributed by atoms with Gasteiger partial charge in [-0.1, -0.05) is 58.8 Å². The number of anilines is 1. The molecule has 0 fully saturated rings. The monoisotopic (exact) mass is 471 g/mol. The average molecular weight is 472 g/mol. The van der Waals surface area contributed by atoms with Crippen molar-refractivity contribution < 1.29 is 13.2 Å². The lowest BCUT2D eigenvalue weighted by Gasteiger charge is -2.11. The fourth-order valence-electron chi connectivity index (χ4n) is 3.09. The van der Waals surface area contributed by atoms with Crippen molar-refractivity contribution in [3.8, 4) is 0 Å². The zero-order chi connectivity index (χ0) is 22.2. The predicted molar refractivity (Wildman–Crippen MR) is 124 cm³/mol. The molecule has 9 heteroatoms. The number of aryl methyl sites for hydroxylation is 2. The molecule has 0 aliphatic rings. The van der Waals surface area contributed by atoms with Crippen LogP contribution >= 0.6 is 22.9 Å². The van der Waals surface area contributed by atoms with E-state index in [-0.39, 0.29) is 16.1 Å². The van der Waals surface area contributed by atoms with E-state index in [4.69, 9.17) is 11.6 Å². The van der Waals surface area contributed by atoms with Crippen molar-refractivity contribution >= 4 is 54.8 Å². The summed E-state index contributed by atoms with van der Waals surface area (Å²) in [6.07, 6.45) is 0.